The van der Waals surface area contributed by atoms with Gasteiger partial charge in [-0.1, -0.05) is 77.3 Å². The maximum absolute atomic E-state index is 14.0. The van der Waals surface area contributed by atoms with Crippen LogP contribution in [0.1, 0.15) is 29.2 Å². The van der Waals surface area contributed by atoms with Crippen molar-refractivity contribution in [3.8, 4) is 0 Å². The lowest BCUT2D eigenvalue weighted by molar-refractivity contribution is -0.140. The van der Waals surface area contributed by atoms with Gasteiger partial charge in [-0.3, -0.25) is 13.9 Å². The van der Waals surface area contributed by atoms with Crippen LogP contribution in [-0.2, 0) is 32.6 Å². The topological polar surface area (TPSA) is 86.8 Å². The van der Waals surface area contributed by atoms with Gasteiger partial charge in [-0.05, 0) is 55.7 Å². The van der Waals surface area contributed by atoms with E-state index >= 15 is 0 Å². The number of carbonyl (C=O) groups is 2. The lowest BCUT2D eigenvalue weighted by Crippen LogP contribution is -2.53. The monoisotopic (exact) mass is 589 g/mol. The van der Waals surface area contributed by atoms with Gasteiger partial charge in [0.15, 0.2) is 0 Å². The van der Waals surface area contributed by atoms with Gasteiger partial charge in [-0.25, -0.2) is 8.42 Å². The van der Waals surface area contributed by atoms with Crippen molar-refractivity contribution in [2.45, 2.75) is 39.8 Å². The number of carbonyl (C=O) groups excluding carboxylic acids is 2. The predicted octanol–water partition coefficient (Wildman–Crippen LogP) is 5.15. The lowest BCUT2D eigenvalue weighted by Gasteiger charge is -2.33. The number of anilines is 1. The first-order valence-corrected chi connectivity index (χ1v) is 15.1. The lowest BCUT2D eigenvalue weighted by atomic mass is 10.0. The number of rotatable bonds is 11. The van der Waals surface area contributed by atoms with Gasteiger partial charge >= 0.3 is 0 Å². The molecule has 2 amide bonds. The molecule has 39 heavy (non-hydrogen) atoms. The number of sulfonamides is 1. The van der Waals surface area contributed by atoms with E-state index in [4.69, 9.17) is 23.2 Å². The molecular formula is C29H33Cl2N3O4S. The van der Waals surface area contributed by atoms with Crippen LogP contribution >= 0.6 is 23.2 Å². The molecular weight excluding hydrogens is 557 g/mol. The van der Waals surface area contributed by atoms with Gasteiger partial charge in [0.2, 0.25) is 21.8 Å². The molecule has 0 aliphatic carbocycles. The van der Waals surface area contributed by atoms with E-state index < -0.39 is 28.5 Å². The fourth-order valence-electron chi connectivity index (χ4n) is 4.36. The highest BCUT2D eigenvalue weighted by Crippen LogP contribution is 2.26. The number of likely N-dealkylation sites (N-methyl/N-ethyl adjacent to an activating group) is 1. The van der Waals surface area contributed by atoms with Gasteiger partial charge in [0, 0.05) is 19.5 Å². The van der Waals surface area contributed by atoms with Crippen LogP contribution in [-0.4, -0.2) is 50.5 Å². The highest BCUT2D eigenvalue weighted by atomic mass is 35.5. The summed E-state index contributed by atoms with van der Waals surface area (Å²) in [5.41, 5.74) is 3.60. The molecule has 0 aliphatic heterocycles. The molecule has 3 aromatic rings. The average molecular weight is 591 g/mol. The van der Waals surface area contributed by atoms with Crippen molar-refractivity contribution in [2.75, 3.05) is 23.7 Å². The SMILES string of the molecule is CCNC(=O)C(Cc1ccccc1)N(Cc1ccc(Cl)c(Cl)c1)C(=O)CN(c1ccc(C)cc1C)S(C)(=O)=O. The number of amides is 2. The second kappa shape index (κ2) is 13.3. The van der Waals surface area contributed by atoms with Crippen molar-refractivity contribution in [1.82, 2.24) is 10.2 Å². The highest BCUT2D eigenvalue weighted by molar-refractivity contribution is 7.92. The summed E-state index contributed by atoms with van der Waals surface area (Å²) in [6, 6.07) is 18.8. The molecule has 10 heteroatoms. The highest BCUT2D eigenvalue weighted by Gasteiger charge is 2.33. The van der Waals surface area contributed by atoms with E-state index in [1.165, 1.54) is 4.90 Å². The van der Waals surface area contributed by atoms with Crippen molar-refractivity contribution in [2.24, 2.45) is 0 Å². The first-order valence-electron chi connectivity index (χ1n) is 12.5. The van der Waals surface area contributed by atoms with Gasteiger partial charge in [0.25, 0.3) is 0 Å². The summed E-state index contributed by atoms with van der Waals surface area (Å²) >= 11 is 12.4. The number of hydrogen-bond acceptors (Lipinski definition) is 4. The van der Waals surface area contributed by atoms with Crippen molar-refractivity contribution in [3.05, 3.63) is 99.0 Å². The molecule has 0 saturated carbocycles. The van der Waals surface area contributed by atoms with Crippen LogP contribution < -0.4 is 9.62 Å². The molecule has 7 nitrogen and oxygen atoms in total. The largest absolute Gasteiger partial charge is 0.355 e. The Morgan fingerprint density at radius 2 is 1.62 bits per heavy atom. The fraction of sp³-hybridized carbons (Fsp3) is 0.310. The molecule has 1 atom stereocenters. The van der Waals surface area contributed by atoms with Gasteiger partial charge < -0.3 is 10.2 Å². The van der Waals surface area contributed by atoms with Crippen molar-refractivity contribution in [3.63, 3.8) is 0 Å². The predicted molar refractivity (Wildman–Crippen MR) is 158 cm³/mol. The molecule has 3 aromatic carbocycles. The number of nitrogens with zero attached hydrogens (tertiary/aromatic N) is 2. The van der Waals surface area contributed by atoms with Crippen LogP contribution in [0, 0.1) is 13.8 Å². The van der Waals surface area contributed by atoms with Gasteiger partial charge in [-0.15, -0.1) is 0 Å². The van der Waals surface area contributed by atoms with Crippen molar-refractivity contribution < 1.29 is 18.0 Å². The van der Waals surface area contributed by atoms with Gasteiger partial charge in [-0.2, -0.15) is 0 Å². The first kappa shape index (κ1) is 30.5. The summed E-state index contributed by atoms with van der Waals surface area (Å²) in [4.78, 5) is 28.8. The van der Waals surface area contributed by atoms with Gasteiger partial charge in [0.1, 0.15) is 12.6 Å². The zero-order chi connectivity index (χ0) is 28.7. The molecule has 208 valence electrons. The summed E-state index contributed by atoms with van der Waals surface area (Å²) in [6.07, 6.45) is 1.30. The van der Waals surface area contributed by atoms with Gasteiger partial charge in [0.05, 0.1) is 22.0 Å². The Morgan fingerprint density at radius 3 is 2.21 bits per heavy atom. The zero-order valence-electron chi connectivity index (χ0n) is 22.4. The van der Waals surface area contributed by atoms with E-state index in [1.54, 1.807) is 44.2 Å². The fourth-order valence-corrected chi connectivity index (χ4v) is 5.59. The van der Waals surface area contributed by atoms with Crippen LogP contribution in [0.3, 0.4) is 0 Å². The number of aryl methyl sites for hydroxylation is 2. The average Bonchev–Trinajstić information content (AvgIpc) is 2.87. The maximum atomic E-state index is 14.0. The minimum atomic E-state index is -3.84. The Labute approximate surface area is 240 Å². The summed E-state index contributed by atoms with van der Waals surface area (Å²) in [5.74, 6) is -0.870. The number of hydrogen-bond donors (Lipinski definition) is 1. The Hall–Kier alpha value is -3.07. The Kier molecular flexibility index (Phi) is 10.4. The van der Waals surface area contributed by atoms with Crippen LogP contribution in [0.2, 0.25) is 10.0 Å². The molecule has 0 saturated heterocycles. The van der Waals surface area contributed by atoms with Crippen molar-refractivity contribution >= 4 is 50.7 Å². The minimum Gasteiger partial charge on any atom is -0.355 e. The van der Waals surface area contributed by atoms with E-state index in [0.29, 0.717) is 33.4 Å². The molecule has 0 spiro atoms. The molecule has 0 radical (unpaired) electrons. The molecule has 0 aromatic heterocycles. The summed E-state index contributed by atoms with van der Waals surface area (Å²) in [5, 5.41) is 3.50. The maximum Gasteiger partial charge on any atom is 0.244 e. The normalized spacial score (nSPS) is 12.1. The smallest absolute Gasteiger partial charge is 0.244 e. The molecule has 0 bridgehead atoms. The number of halogens is 2. The van der Waals surface area contributed by atoms with Crippen molar-refractivity contribution in [1.29, 1.82) is 0 Å². The van der Waals surface area contributed by atoms with E-state index in [1.807, 2.05) is 43.3 Å². The third kappa shape index (κ3) is 8.21. The minimum absolute atomic E-state index is 0.0227. The first-order chi connectivity index (χ1) is 18.4. The van der Waals surface area contributed by atoms with E-state index in [2.05, 4.69) is 5.32 Å². The number of benzene rings is 3. The molecule has 1 unspecified atom stereocenters. The summed E-state index contributed by atoms with van der Waals surface area (Å²) in [7, 11) is -3.84. The summed E-state index contributed by atoms with van der Waals surface area (Å²) < 4.78 is 26.9. The van der Waals surface area contributed by atoms with Crippen LogP contribution in [0.25, 0.3) is 0 Å². The quantitative estimate of drug-likeness (QED) is 0.335. The Bertz CT molecular complexity index is 1430. The van der Waals surface area contributed by atoms with E-state index in [9.17, 15) is 18.0 Å². The van der Waals surface area contributed by atoms with Crippen LogP contribution in [0.15, 0.2) is 66.7 Å². The standard InChI is InChI=1S/C29H33Cl2N3O4S/c1-5-32-29(36)27(17-22-9-7-6-8-10-22)33(18-23-12-13-24(30)25(31)16-23)28(35)19-34(39(4,37)38)26-14-11-20(2)15-21(26)3/h6-16,27H,5,17-19H2,1-4H3,(H,32,36). The molecule has 0 heterocycles. The van der Waals surface area contributed by atoms with Crippen LogP contribution in [0.5, 0.6) is 0 Å². The third-order valence-corrected chi connectivity index (χ3v) is 8.12. The third-order valence-electron chi connectivity index (χ3n) is 6.26. The molecule has 1 N–H and O–H groups in total. The van der Waals surface area contributed by atoms with Crippen LogP contribution in [0.4, 0.5) is 5.69 Å². The summed E-state index contributed by atoms with van der Waals surface area (Å²) in [6.45, 7) is 5.42. The second-order valence-electron chi connectivity index (χ2n) is 9.43. The second-order valence-corrected chi connectivity index (χ2v) is 12.2. The molecule has 3 rings (SSSR count). The number of nitrogens with one attached hydrogen (secondary N) is 1. The van der Waals surface area contributed by atoms with E-state index in [-0.39, 0.29) is 18.9 Å². The Morgan fingerprint density at radius 1 is 0.923 bits per heavy atom. The van der Waals surface area contributed by atoms with E-state index in [0.717, 1.165) is 21.7 Å². The molecule has 0 fully saturated rings. The zero-order valence-corrected chi connectivity index (χ0v) is 24.8. The Balaban J connectivity index is 2.07. The molecule has 0 aliphatic rings.